The highest BCUT2D eigenvalue weighted by atomic mass is 32.2. The molecule has 4 heteroatoms. The fourth-order valence-electron chi connectivity index (χ4n) is 1.80. The highest BCUT2D eigenvalue weighted by molar-refractivity contribution is 7.88. The van der Waals surface area contributed by atoms with E-state index in [-0.39, 0.29) is 5.75 Å². The van der Waals surface area contributed by atoms with E-state index in [1.807, 2.05) is 30.3 Å². The Morgan fingerprint density at radius 1 is 1.00 bits per heavy atom. The minimum Gasteiger partial charge on any atom is -0.215 e. The van der Waals surface area contributed by atoms with Gasteiger partial charge in [-0.1, -0.05) is 62.9 Å². The van der Waals surface area contributed by atoms with Crippen molar-refractivity contribution >= 4 is 10.0 Å². The van der Waals surface area contributed by atoms with Crippen molar-refractivity contribution < 1.29 is 8.42 Å². The van der Waals surface area contributed by atoms with E-state index in [0.29, 0.717) is 6.54 Å². The maximum absolute atomic E-state index is 11.8. The van der Waals surface area contributed by atoms with Crippen LogP contribution in [-0.4, -0.2) is 15.0 Å². The number of benzene rings is 1. The van der Waals surface area contributed by atoms with Gasteiger partial charge in [0.15, 0.2) is 0 Å². The van der Waals surface area contributed by atoms with Crippen LogP contribution in [0.25, 0.3) is 0 Å². The number of unbranched alkanes of at least 4 members (excludes halogenated alkanes) is 4. The smallest absolute Gasteiger partial charge is 0.215 e. The summed E-state index contributed by atoms with van der Waals surface area (Å²) in [6.45, 7) is 2.72. The summed E-state index contributed by atoms with van der Waals surface area (Å²) in [6, 6.07) is 9.27. The van der Waals surface area contributed by atoms with Crippen LogP contribution < -0.4 is 4.72 Å². The monoisotopic (exact) mass is 269 g/mol. The second-order valence-electron chi connectivity index (χ2n) is 4.55. The van der Waals surface area contributed by atoms with Crippen LogP contribution in [0.5, 0.6) is 0 Å². The van der Waals surface area contributed by atoms with Crippen LogP contribution in [0.4, 0.5) is 0 Å². The summed E-state index contributed by atoms with van der Waals surface area (Å²) >= 11 is 0. The van der Waals surface area contributed by atoms with Gasteiger partial charge in [0.25, 0.3) is 0 Å². The summed E-state index contributed by atoms with van der Waals surface area (Å²) in [4.78, 5) is 0. The Morgan fingerprint density at radius 2 is 1.67 bits per heavy atom. The van der Waals surface area contributed by atoms with E-state index in [2.05, 4.69) is 11.6 Å². The van der Waals surface area contributed by atoms with Crippen LogP contribution >= 0.6 is 0 Å². The Kier molecular flexibility index (Phi) is 6.98. The molecule has 1 aromatic rings. The SMILES string of the molecule is CCCCCCCNS(=O)(=O)Cc1ccccc1. The number of hydrogen-bond acceptors (Lipinski definition) is 2. The third kappa shape index (κ3) is 6.77. The molecule has 0 aromatic heterocycles. The van der Waals surface area contributed by atoms with Gasteiger partial charge in [0.1, 0.15) is 0 Å². The van der Waals surface area contributed by atoms with Crippen molar-refractivity contribution in [2.45, 2.75) is 44.8 Å². The van der Waals surface area contributed by atoms with E-state index in [0.717, 1.165) is 18.4 Å². The maximum atomic E-state index is 11.8. The van der Waals surface area contributed by atoms with Crippen molar-refractivity contribution in [1.82, 2.24) is 4.72 Å². The van der Waals surface area contributed by atoms with Crippen molar-refractivity contribution in [2.75, 3.05) is 6.54 Å². The second-order valence-corrected chi connectivity index (χ2v) is 6.36. The molecule has 0 saturated carbocycles. The Hall–Kier alpha value is -0.870. The van der Waals surface area contributed by atoms with E-state index < -0.39 is 10.0 Å². The van der Waals surface area contributed by atoms with Crippen LogP contribution in [0.2, 0.25) is 0 Å². The minimum atomic E-state index is -3.18. The molecule has 1 N–H and O–H groups in total. The molecule has 18 heavy (non-hydrogen) atoms. The molecule has 0 unspecified atom stereocenters. The third-order valence-corrected chi connectivity index (χ3v) is 4.16. The molecule has 0 aliphatic heterocycles. The summed E-state index contributed by atoms with van der Waals surface area (Å²) in [6.07, 6.45) is 5.66. The van der Waals surface area contributed by atoms with Crippen molar-refractivity contribution in [3.63, 3.8) is 0 Å². The molecule has 0 spiro atoms. The van der Waals surface area contributed by atoms with E-state index in [9.17, 15) is 8.42 Å². The zero-order chi connectivity index (χ0) is 13.3. The first-order chi connectivity index (χ1) is 8.64. The van der Waals surface area contributed by atoms with Crippen molar-refractivity contribution in [3.05, 3.63) is 35.9 Å². The van der Waals surface area contributed by atoms with Crippen molar-refractivity contribution in [1.29, 1.82) is 0 Å². The lowest BCUT2D eigenvalue weighted by Crippen LogP contribution is -2.26. The van der Waals surface area contributed by atoms with Crippen LogP contribution in [0.3, 0.4) is 0 Å². The molecule has 0 saturated heterocycles. The minimum absolute atomic E-state index is 0.0722. The topological polar surface area (TPSA) is 46.2 Å². The van der Waals surface area contributed by atoms with Crippen molar-refractivity contribution in [2.24, 2.45) is 0 Å². The summed E-state index contributed by atoms with van der Waals surface area (Å²) < 4.78 is 26.2. The van der Waals surface area contributed by atoms with Gasteiger partial charge in [-0.2, -0.15) is 0 Å². The normalized spacial score (nSPS) is 11.6. The number of nitrogens with one attached hydrogen (secondary N) is 1. The maximum Gasteiger partial charge on any atom is 0.215 e. The molecule has 0 heterocycles. The van der Waals surface area contributed by atoms with Gasteiger partial charge in [-0.05, 0) is 12.0 Å². The molecule has 102 valence electrons. The van der Waals surface area contributed by atoms with E-state index in [1.165, 1.54) is 19.3 Å². The predicted octanol–water partition coefficient (Wildman–Crippen LogP) is 3.08. The standard InChI is InChI=1S/C14H23NO2S/c1-2-3-4-5-9-12-15-18(16,17)13-14-10-7-6-8-11-14/h6-8,10-11,15H,2-5,9,12-13H2,1H3. The lowest BCUT2D eigenvalue weighted by Gasteiger charge is -2.06. The van der Waals surface area contributed by atoms with Crippen molar-refractivity contribution in [3.8, 4) is 0 Å². The lowest BCUT2D eigenvalue weighted by atomic mass is 10.2. The van der Waals surface area contributed by atoms with Gasteiger partial charge in [-0.3, -0.25) is 0 Å². The van der Waals surface area contributed by atoms with Gasteiger partial charge < -0.3 is 0 Å². The van der Waals surface area contributed by atoms with Gasteiger partial charge in [0.2, 0.25) is 10.0 Å². The Balaban J connectivity index is 2.24. The van der Waals surface area contributed by atoms with E-state index in [4.69, 9.17) is 0 Å². The molecule has 0 aliphatic rings. The molecule has 0 atom stereocenters. The fraction of sp³-hybridized carbons (Fsp3) is 0.571. The number of sulfonamides is 1. The quantitative estimate of drug-likeness (QED) is 0.700. The zero-order valence-corrected chi connectivity index (χ0v) is 11.9. The van der Waals surface area contributed by atoms with E-state index >= 15 is 0 Å². The average molecular weight is 269 g/mol. The molecule has 0 fully saturated rings. The first kappa shape index (κ1) is 15.2. The first-order valence-electron chi connectivity index (χ1n) is 6.65. The highest BCUT2D eigenvalue weighted by Crippen LogP contribution is 2.05. The largest absolute Gasteiger partial charge is 0.215 e. The van der Waals surface area contributed by atoms with Crippen LogP contribution in [-0.2, 0) is 15.8 Å². The molecule has 0 amide bonds. The molecular formula is C14H23NO2S. The Morgan fingerprint density at radius 3 is 2.33 bits per heavy atom. The lowest BCUT2D eigenvalue weighted by molar-refractivity contribution is 0.570. The molecule has 3 nitrogen and oxygen atoms in total. The number of rotatable bonds is 9. The zero-order valence-electron chi connectivity index (χ0n) is 11.1. The molecule has 0 bridgehead atoms. The Labute approximate surface area is 111 Å². The second kappa shape index (κ2) is 8.27. The molecule has 0 aliphatic carbocycles. The third-order valence-electron chi connectivity index (χ3n) is 2.80. The van der Waals surface area contributed by atoms with Gasteiger partial charge in [0.05, 0.1) is 5.75 Å². The summed E-state index contributed by atoms with van der Waals surface area (Å²) in [5, 5.41) is 0. The molecular weight excluding hydrogens is 246 g/mol. The van der Waals surface area contributed by atoms with Crippen LogP contribution in [0, 0.1) is 0 Å². The van der Waals surface area contributed by atoms with E-state index in [1.54, 1.807) is 0 Å². The summed E-state index contributed by atoms with van der Waals surface area (Å²) in [5.41, 5.74) is 0.830. The van der Waals surface area contributed by atoms with Crippen LogP contribution in [0.1, 0.15) is 44.6 Å². The number of hydrogen-bond donors (Lipinski definition) is 1. The predicted molar refractivity (Wildman–Crippen MR) is 75.8 cm³/mol. The molecule has 1 rings (SSSR count). The van der Waals surface area contributed by atoms with Gasteiger partial charge in [-0.15, -0.1) is 0 Å². The fourth-order valence-corrected chi connectivity index (χ4v) is 2.99. The Bertz CT molecular complexity index is 415. The van der Waals surface area contributed by atoms with Gasteiger partial charge in [0, 0.05) is 6.54 Å². The molecule has 0 radical (unpaired) electrons. The van der Waals surface area contributed by atoms with Gasteiger partial charge in [-0.25, -0.2) is 13.1 Å². The summed E-state index contributed by atoms with van der Waals surface area (Å²) in [5.74, 6) is 0.0722. The summed E-state index contributed by atoms with van der Waals surface area (Å²) in [7, 11) is -3.18. The highest BCUT2D eigenvalue weighted by Gasteiger charge is 2.09. The first-order valence-corrected chi connectivity index (χ1v) is 8.30. The molecule has 1 aromatic carbocycles. The average Bonchev–Trinajstić information content (AvgIpc) is 2.34. The van der Waals surface area contributed by atoms with Crippen LogP contribution in [0.15, 0.2) is 30.3 Å². The van der Waals surface area contributed by atoms with Gasteiger partial charge >= 0.3 is 0 Å².